The van der Waals surface area contributed by atoms with Crippen LogP contribution in [0.3, 0.4) is 0 Å². The number of hydrogen-bond acceptors (Lipinski definition) is 2. The van der Waals surface area contributed by atoms with E-state index in [1.54, 1.807) is 0 Å². The molecule has 0 fully saturated rings. The first-order valence-electron chi connectivity index (χ1n) is 4.62. The van der Waals surface area contributed by atoms with Crippen molar-refractivity contribution in [2.75, 3.05) is 13.2 Å². The summed E-state index contributed by atoms with van der Waals surface area (Å²) in [6.07, 6.45) is 3.88. The molecule has 0 aliphatic heterocycles. The minimum absolute atomic E-state index is 0. The van der Waals surface area contributed by atoms with E-state index >= 15 is 0 Å². The Balaban J connectivity index is -0.0000000606. The Morgan fingerprint density at radius 3 is 1.20 bits per heavy atom. The van der Waals surface area contributed by atoms with Gasteiger partial charge in [0.15, 0.2) is 0 Å². The van der Waals surface area contributed by atoms with Gasteiger partial charge in [0.25, 0.3) is 0 Å². The third-order valence-corrected chi connectivity index (χ3v) is 1.01. The van der Waals surface area contributed by atoms with Gasteiger partial charge in [-0.2, -0.15) is 6.42 Å². The summed E-state index contributed by atoms with van der Waals surface area (Å²) in [5.41, 5.74) is 0.431. The molecule has 0 aliphatic rings. The zero-order chi connectivity index (χ0) is 12.0. The van der Waals surface area contributed by atoms with Gasteiger partial charge in [-0.1, -0.05) is 38.3 Å². The first-order valence-corrected chi connectivity index (χ1v) is 4.62. The van der Waals surface area contributed by atoms with E-state index in [1.807, 2.05) is 0 Å². The van der Waals surface area contributed by atoms with Crippen LogP contribution in [0.4, 0.5) is 0 Å². The Bertz CT molecular complexity index is 109. The molecule has 0 aromatic rings. The van der Waals surface area contributed by atoms with E-state index in [-0.39, 0.29) is 39.4 Å². The minimum atomic E-state index is 0. The Labute approximate surface area is 114 Å². The maximum absolute atomic E-state index is 7.76. The van der Waals surface area contributed by atoms with Crippen LogP contribution in [-0.2, 0) is 26.2 Å². The molecule has 0 saturated carbocycles. The maximum atomic E-state index is 7.76. The van der Waals surface area contributed by atoms with E-state index in [0.717, 1.165) is 6.42 Å². The first kappa shape index (κ1) is 24.5. The van der Waals surface area contributed by atoms with Crippen LogP contribution < -0.4 is 0 Å². The van der Waals surface area contributed by atoms with E-state index < -0.39 is 0 Å². The summed E-state index contributed by atoms with van der Waals surface area (Å²) < 4.78 is 0. The maximum Gasteiger partial charge on any atom is 0.0609 e. The van der Waals surface area contributed by atoms with Gasteiger partial charge in [0.05, 0.1) is 13.2 Å². The molecular weight excluding hydrogens is 267 g/mol. The van der Waals surface area contributed by atoms with Crippen molar-refractivity contribution in [3.05, 3.63) is 32.2 Å². The van der Waals surface area contributed by atoms with E-state index in [1.165, 1.54) is 12.2 Å². The minimum Gasteiger partial charge on any atom is -0.392 e. The predicted octanol–water partition coefficient (Wildman–Crippen LogP) is 2.58. The molecule has 90 valence electrons. The summed E-state index contributed by atoms with van der Waals surface area (Å²) >= 11 is 0. The van der Waals surface area contributed by atoms with E-state index in [4.69, 9.17) is 10.2 Å². The molecule has 0 aliphatic carbocycles. The molecule has 0 aromatic carbocycles. The van der Waals surface area contributed by atoms with Gasteiger partial charge >= 0.3 is 0 Å². The number of rotatable bonds is 2. The largest absolute Gasteiger partial charge is 0.392 e. The molecule has 0 heterocycles. The van der Waals surface area contributed by atoms with Crippen LogP contribution in [0, 0.1) is 12.3 Å². The SMILES string of the molecule is C=CCO.C=CCO.[CH2-]CC(C)(C)C.[Zr]. The fourth-order valence-electron chi connectivity index (χ4n) is 0. The second kappa shape index (κ2) is 19.8. The van der Waals surface area contributed by atoms with Crippen molar-refractivity contribution in [1.82, 2.24) is 0 Å². The molecule has 0 saturated heterocycles. The quantitative estimate of drug-likeness (QED) is 0.607. The van der Waals surface area contributed by atoms with E-state index in [9.17, 15) is 0 Å². The van der Waals surface area contributed by atoms with Crippen LogP contribution in [0.5, 0.6) is 0 Å². The number of aliphatic hydroxyl groups is 2. The van der Waals surface area contributed by atoms with Crippen LogP contribution >= 0.6 is 0 Å². The van der Waals surface area contributed by atoms with Crippen LogP contribution in [0.2, 0.25) is 0 Å². The van der Waals surface area contributed by atoms with Crippen molar-refractivity contribution < 1.29 is 36.4 Å². The smallest absolute Gasteiger partial charge is 0.0609 e. The molecule has 0 spiro atoms. The van der Waals surface area contributed by atoms with E-state index in [0.29, 0.717) is 5.41 Å². The van der Waals surface area contributed by atoms with Crippen LogP contribution in [0.1, 0.15) is 27.2 Å². The molecule has 0 aromatic heterocycles. The fraction of sp³-hybridized carbons (Fsp3) is 0.583. The Kier molecular flexibility index (Phi) is 32.3. The molecule has 0 rings (SSSR count). The Morgan fingerprint density at radius 1 is 1.07 bits per heavy atom. The molecule has 2 nitrogen and oxygen atoms in total. The topological polar surface area (TPSA) is 40.5 Å². The summed E-state index contributed by atoms with van der Waals surface area (Å²) in [6, 6.07) is 0. The molecule has 3 heteroatoms. The average molecular weight is 293 g/mol. The normalized spacial score (nSPS) is 8.13. The van der Waals surface area contributed by atoms with Gasteiger partial charge in [-0.15, -0.1) is 13.2 Å². The molecule has 15 heavy (non-hydrogen) atoms. The summed E-state index contributed by atoms with van der Waals surface area (Å²) in [7, 11) is 0. The Hall–Kier alpha value is 0.283. The fourth-order valence-corrected chi connectivity index (χ4v) is 0. The van der Waals surface area contributed by atoms with Crippen molar-refractivity contribution >= 4 is 0 Å². The van der Waals surface area contributed by atoms with Crippen LogP contribution in [-0.4, -0.2) is 23.4 Å². The van der Waals surface area contributed by atoms with Gasteiger partial charge in [0, 0.05) is 26.2 Å². The average Bonchev–Trinajstić information content (AvgIpc) is 2.17. The summed E-state index contributed by atoms with van der Waals surface area (Å²) in [6.45, 7) is 16.9. The van der Waals surface area contributed by atoms with Crippen LogP contribution in [0.25, 0.3) is 0 Å². The monoisotopic (exact) mass is 291 g/mol. The van der Waals surface area contributed by atoms with Gasteiger partial charge in [0.1, 0.15) is 0 Å². The summed E-state index contributed by atoms with van der Waals surface area (Å²) in [5, 5.41) is 15.5. The molecule has 2 N–H and O–H groups in total. The van der Waals surface area contributed by atoms with Crippen molar-refractivity contribution in [2.24, 2.45) is 5.41 Å². The molecular formula is C12H25O2Zr-. The number of hydrogen-bond donors (Lipinski definition) is 2. The van der Waals surface area contributed by atoms with E-state index in [2.05, 4.69) is 40.9 Å². The molecule has 0 amide bonds. The van der Waals surface area contributed by atoms with Crippen molar-refractivity contribution in [3.63, 3.8) is 0 Å². The third-order valence-electron chi connectivity index (χ3n) is 1.01. The Morgan fingerprint density at radius 2 is 1.20 bits per heavy atom. The summed E-state index contributed by atoms with van der Waals surface area (Å²) in [4.78, 5) is 0. The molecule has 0 atom stereocenters. The van der Waals surface area contributed by atoms with Gasteiger partial charge in [-0.25, -0.2) is 0 Å². The molecule has 0 radical (unpaired) electrons. The second-order valence-electron chi connectivity index (χ2n) is 3.75. The predicted molar refractivity (Wildman–Crippen MR) is 64.0 cm³/mol. The van der Waals surface area contributed by atoms with Gasteiger partial charge < -0.3 is 17.1 Å². The van der Waals surface area contributed by atoms with Gasteiger partial charge in [-0.3, -0.25) is 0 Å². The molecule has 0 bridgehead atoms. The van der Waals surface area contributed by atoms with Crippen molar-refractivity contribution in [2.45, 2.75) is 27.2 Å². The van der Waals surface area contributed by atoms with Gasteiger partial charge in [0.2, 0.25) is 0 Å². The number of aliphatic hydroxyl groups excluding tert-OH is 2. The standard InChI is InChI=1S/C6H13.2C3H6O.Zr/c1-5-6(2,3)4;2*1-2-3-4;/h1,5H2,2-4H3;2*2,4H,1,3H2;/q-1;;;. The molecule has 0 unspecified atom stereocenters. The van der Waals surface area contributed by atoms with Crippen LogP contribution in [0.15, 0.2) is 25.3 Å². The zero-order valence-electron chi connectivity index (χ0n) is 10.3. The van der Waals surface area contributed by atoms with Gasteiger partial charge in [-0.05, 0) is 0 Å². The van der Waals surface area contributed by atoms with Crippen molar-refractivity contribution in [3.8, 4) is 0 Å². The van der Waals surface area contributed by atoms with Crippen molar-refractivity contribution in [1.29, 1.82) is 0 Å². The summed E-state index contributed by atoms with van der Waals surface area (Å²) in [5.74, 6) is 0. The first-order chi connectivity index (χ1) is 6.39. The third kappa shape index (κ3) is 77.2. The second-order valence-corrected chi connectivity index (χ2v) is 3.75. The zero-order valence-corrected chi connectivity index (χ0v) is 12.7.